The van der Waals surface area contributed by atoms with E-state index < -0.39 is 11.8 Å². The van der Waals surface area contributed by atoms with Crippen LogP contribution in [0.3, 0.4) is 0 Å². The monoisotopic (exact) mass is 250 g/mol. The van der Waals surface area contributed by atoms with Gasteiger partial charge in [0.1, 0.15) is 0 Å². The van der Waals surface area contributed by atoms with Crippen molar-refractivity contribution in [1.29, 1.82) is 0 Å². The smallest absolute Gasteiger partial charge is 0.435 e. The topological polar surface area (TPSA) is 52.6 Å². The molecule has 18 heavy (non-hydrogen) atoms. The highest BCUT2D eigenvalue weighted by Gasteiger charge is 2.32. The van der Waals surface area contributed by atoms with Gasteiger partial charge in [0, 0.05) is 6.42 Å². The first-order valence-corrected chi connectivity index (χ1v) is 5.88. The van der Waals surface area contributed by atoms with Gasteiger partial charge in [0.25, 0.3) is 0 Å². The average molecular weight is 250 g/mol. The summed E-state index contributed by atoms with van der Waals surface area (Å²) in [6.07, 6.45) is -0.586. The van der Waals surface area contributed by atoms with Crippen molar-refractivity contribution in [2.24, 2.45) is 0 Å². The van der Waals surface area contributed by atoms with Gasteiger partial charge in [0.2, 0.25) is 0 Å². The molecule has 0 fully saturated rings. The summed E-state index contributed by atoms with van der Waals surface area (Å²) in [5, 5.41) is 0. The highest BCUT2D eigenvalue weighted by Crippen LogP contribution is 2.15. The highest BCUT2D eigenvalue weighted by molar-refractivity contribution is 5.89. The third-order valence-electron chi connectivity index (χ3n) is 2.48. The Hall–Kier alpha value is -1.84. The van der Waals surface area contributed by atoms with Crippen LogP contribution in [0.25, 0.3) is 0 Å². The van der Waals surface area contributed by atoms with Crippen LogP contribution in [-0.4, -0.2) is 24.1 Å². The molecule has 0 aliphatic rings. The van der Waals surface area contributed by atoms with Gasteiger partial charge in [-0.15, -0.1) is 0 Å². The highest BCUT2D eigenvalue weighted by atomic mass is 16.7. The number of benzene rings is 1. The zero-order chi connectivity index (χ0) is 13.6. The fourth-order valence-electron chi connectivity index (χ4n) is 1.41. The van der Waals surface area contributed by atoms with E-state index in [4.69, 9.17) is 4.74 Å². The minimum atomic E-state index is -1.18. The van der Waals surface area contributed by atoms with Crippen molar-refractivity contribution in [3.8, 4) is 0 Å². The maximum atomic E-state index is 12.0. The molecule has 0 aromatic heterocycles. The minimum absolute atomic E-state index is 0.165. The minimum Gasteiger partial charge on any atom is -0.435 e. The van der Waals surface area contributed by atoms with Gasteiger partial charge in [0.05, 0.1) is 6.61 Å². The van der Waals surface area contributed by atoms with Gasteiger partial charge >= 0.3 is 6.16 Å². The van der Waals surface area contributed by atoms with Crippen LogP contribution in [0.4, 0.5) is 4.79 Å². The molecule has 0 amide bonds. The predicted octanol–water partition coefficient (Wildman–Crippen LogP) is 2.75. The Kier molecular flexibility index (Phi) is 4.89. The van der Waals surface area contributed by atoms with Gasteiger partial charge in [0.15, 0.2) is 11.4 Å². The number of rotatable bonds is 5. The van der Waals surface area contributed by atoms with E-state index in [9.17, 15) is 9.59 Å². The molecule has 0 heterocycles. The summed E-state index contributed by atoms with van der Waals surface area (Å²) in [6, 6.07) is 9.33. The van der Waals surface area contributed by atoms with Crippen LogP contribution in [0.2, 0.25) is 0 Å². The Labute approximate surface area is 107 Å². The predicted molar refractivity (Wildman–Crippen MR) is 67.3 cm³/mol. The Balaban J connectivity index is 2.62. The van der Waals surface area contributed by atoms with Gasteiger partial charge in [-0.1, -0.05) is 30.3 Å². The largest absolute Gasteiger partial charge is 0.509 e. The third-order valence-corrected chi connectivity index (χ3v) is 2.48. The van der Waals surface area contributed by atoms with E-state index >= 15 is 0 Å². The summed E-state index contributed by atoms with van der Waals surface area (Å²) in [5.41, 5.74) is -0.287. The molecule has 0 saturated heterocycles. The first kappa shape index (κ1) is 14.2. The lowest BCUT2D eigenvalue weighted by Crippen LogP contribution is -2.38. The second-order valence-electron chi connectivity index (χ2n) is 4.38. The lowest BCUT2D eigenvalue weighted by atomic mass is 9.97. The molecule has 0 bridgehead atoms. The molecular weight excluding hydrogens is 232 g/mol. The fraction of sp³-hybridized carbons (Fsp3) is 0.429. The molecule has 4 nitrogen and oxygen atoms in total. The van der Waals surface area contributed by atoms with Crippen molar-refractivity contribution >= 4 is 11.9 Å². The van der Waals surface area contributed by atoms with Gasteiger partial charge in [-0.25, -0.2) is 4.79 Å². The van der Waals surface area contributed by atoms with E-state index in [0.29, 0.717) is 0 Å². The van der Waals surface area contributed by atoms with Crippen LogP contribution < -0.4 is 0 Å². The first-order chi connectivity index (χ1) is 8.45. The zero-order valence-electron chi connectivity index (χ0n) is 10.9. The molecule has 0 saturated carbocycles. The van der Waals surface area contributed by atoms with Gasteiger partial charge in [-0.2, -0.15) is 0 Å². The Morgan fingerprint density at radius 3 is 2.33 bits per heavy atom. The molecule has 0 atom stereocenters. The third kappa shape index (κ3) is 4.20. The number of ether oxygens (including phenoxy) is 2. The SMILES string of the molecule is CCOC(=O)OC(C)(C)C(=O)Cc1ccccc1. The van der Waals surface area contributed by atoms with Gasteiger partial charge < -0.3 is 9.47 Å². The van der Waals surface area contributed by atoms with Gasteiger partial charge in [-0.05, 0) is 26.3 Å². The fourth-order valence-corrected chi connectivity index (χ4v) is 1.41. The molecule has 1 aromatic carbocycles. The molecule has 0 aliphatic carbocycles. The molecule has 1 aromatic rings. The number of Topliss-reactive ketones (excluding diaryl/α,β-unsaturated/α-hetero) is 1. The summed E-state index contributed by atoms with van der Waals surface area (Å²) in [6.45, 7) is 5.03. The molecular formula is C14H18O4. The molecule has 0 unspecified atom stereocenters. The standard InChI is InChI=1S/C14H18O4/c1-4-17-13(16)18-14(2,3)12(15)10-11-8-6-5-7-9-11/h5-9H,4,10H2,1-3H3. The average Bonchev–Trinajstić information content (AvgIpc) is 2.29. The van der Waals surface area contributed by atoms with Crippen molar-refractivity contribution in [1.82, 2.24) is 0 Å². The second-order valence-corrected chi connectivity index (χ2v) is 4.38. The molecule has 1 rings (SSSR count). The lowest BCUT2D eigenvalue weighted by Gasteiger charge is -2.22. The molecule has 98 valence electrons. The van der Waals surface area contributed by atoms with E-state index in [1.807, 2.05) is 30.3 Å². The maximum Gasteiger partial charge on any atom is 0.509 e. The molecule has 4 heteroatoms. The molecule has 0 spiro atoms. The molecule has 0 aliphatic heterocycles. The lowest BCUT2D eigenvalue weighted by molar-refractivity contribution is -0.136. The van der Waals surface area contributed by atoms with Crippen molar-refractivity contribution in [3.05, 3.63) is 35.9 Å². The summed E-state index contributed by atoms with van der Waals surface area (Å²) >= 11 is 0. The summed E-state index contributed by atoms with van der Waals surface area (Å²) < 4.78 is 9.67. The normalized spacial score (nSPS) is 10.8. The van der Waals surface area contributed by atoms with E-state index in [1.54, 1.807) is 20.8 Å². The van der Waals surface area contributed by atoms with Gasteiger partial charge in [-0.3, -0.25) is 4.79 Å². The zero-order valence-corrected chi connectivity index (χ0v) is 10.9. The van der Waals surface area contributed by atoms with Crippen LogP contribution in [0, 0.1) is 0 Å². The van der Waals surface area contributed by atoms with E-state index in [-0.39, 0.29) is 18.8 Å². The number of carbonyl (C=O) groups is 2. The van der Waals surface area contributed by atoms with Crippen LogP contribution in [0.1, 0.15) is 26.3 Å². The summed E-state index contributed by atoms with van der Waals surface area (Å²) in [7, 11) is 0. The Morgan fingerprint density at radius 2 is 1.78 bits per heavy atom. The van der Waals surface area contributed by atoms with Crippen molar-refractivity contribution in [3.63, 3.8) is 0 Å². The number of hydrogen-bond donors (Lipinski definition) is 0. The molecule has 0 N–H and O–H groups in total. The van der Waals surface area contributed by atoms with Crippen molar-refractivity contribution in [2.75, 3.05) is 6.61 Å². The molecule has 0 radical (unpaired) electrons. The van der Waals surface area contributed by atoms with Crippen LogP contribution >= 0.6 is 0 Å². The van der Waals surface area contributed by atoms with Crippen LogP contribution in [-0.2, 0) is 20.7 Å². The van der Waals surface area contributed by atoms with Crippen molar-refractivity contribution in [2.45, 2.75) is 32.8 Å². The number of hydrogen-bond acceptors (Lipinski definition) is 4. The first-order valence-electron chi connectivity index (χ1n) is 5.88. The van der Waals surface area contributed by atoms with Crippen molar-refractivity contribution < 1.29 is 19.1 Å². The second kappa shape index (κ2) is 6.19. The Bertz CT molecular complexity index is 409. The van der Waals surface area contributed by atoms with E-state index in [0.717, 1.165) is 5.56 Å². The van der Waals surface area contributed by atoms with E-state index in [2.05, 4.69) is 4.74 Å². The number of carbonyl (C=O) groups excluding carboxylic acids is 2. The maximum absolute atomic E-state index is 12.0. The van der Waals surface area contributed by atoms with E-state index in [1.165, 1.54) is 0 Å². The summed E-state index contributed by atoms with van der Waals surface area (Å²) in [4.78, 5) is 23.3. The summed E-state index contributed by atoms with van der Waals surface area (Å²) in [5.74, 6) is -0.165. The quantitative estimate of drug-likeness (QED) is 0.754. The van der Waals surface area contributed by atoms with Crippen LogP contribution in [0.15, 0.2) is 30.3 Å². The number of ketones is 1. The van der Waals surface area contributed by atoms with Crippen LogP contribution in [0.5, 0.6) is 0 Å². The Morgan fingerprint density at radius 1 is 1.17 bits per heavy atom.